The molecule has 0 fully saturated rings. The highest BCUT2D eigenvalue weighted by Crippen LogP contribution is 2.23. The Hall–Kier alpha value is -1.08. The van der Waals surface area contributed by atoms with Crippen LogP contribution in [0, 0.1) is 0 Å². The third kappa shape index (κ3) is 6.91. The quantitative estimate of drug-likeness (QED) is 0.653. The van der Waals surface area contributed by atoms with E-state index >= 15 is 0 Å². The predicted octanol–water partition coefficient (Wildman–Crippen LogP) is 3.76. The summed E-state index contributed by atoms with van der Waals surface area (Å²) in [6, 6.07) is 4.91. The molecule has 0 radical (unpaired) electrons. The average Bonchev–Trinajstić information content (AvgIpc) is 2.58. The zero-order valence-electron chi connectivity index (χ0n) is 14.8. The molecular weight excluding hydrogens is 395 g/mol. The molecule has 1 aliphatic rings. The summed E-state index contributed by atoms with van der Waals surface area (Å²) < 4.78 is 25.2. The number of benzene rings is 1. The van der Waals surface area contributed by atoms with Crippen molar-refractivity contribution >= 4 is 39.1 Å². The first-order valence-electron chi connectivity index (χ1n) is 8.59. The minimum absolute atomic E-state index is 0.0638. The lowest BCUT2D eigenvalue weighted by Gasteiger charge is -2.20. The van der Waals surface area contributed by atoms with Crippen LogP contribution in [-0.4, -0.2) is 38.0 Å². The van der Waals surface area contributed by atoms with Crippen molar-refractivity contribution in [3.63, 3.8) is 0 Å². The summed E-state index contributed by atoms with van der Waals surface area (Å²) >= 11 is 11.9. The van der Waals surface area contributed by atoms with Crippen molar-refractivity contribution in [3.8, 4) is 0 Å². The lowest BCUT2D eigenvalue weighted by atomic mass is 9.97. The van der Waals surface area contributed by atoms with Gasteiger partial charge >= 0.3 is 0 Å². The summed E-state index contributed by atoms with van der Waals surface area (Å²) in [6.07, 6.45) is 8.77. The largest absolute Gasteiger partial charge is 0.355 e. The number of allylic oxidation sites excluding steroid dienone is 1. The van der Waals surface area contributed by atoms with Gasteiger partial charge in [-0.3, -0.25) is 4.79 Å². The van der Waals surface area contributed by atoms with E-state index in [4.69, 9.17) is 23.2 Å². The van der Waals surface area contributed by atoms with Gasteiger partial charge in [-0.2, -0.15) is 4.31 Å². The minimum atomic E-state index is -3.54. The molecule has 0 aliphatic heterocycles. The molecule has 8 heteroatoms. The number of hydrogen-bond acceptors (Lipinski definition) is 3. The van der Waals surface area contributed by atoms with Crippen LogP contribution >= 0.6 is 23.2 Å². The smallest absolute Gasteiger partial charge is 0.235 e. The molecule has 144 valence electrons. The second-order valence-corrected chi connectivity index (χ2v) is 9.28. The number of amides is 1. The summed E-state index contributed by atoms with van der Waals surface area (Å²) in [6.45, 7) is 0.363. The van der Waals surface area contributed by atoms with E-state index < -0.39 is 10.0 Å². The van der Waals surface area contributed by atoms with Crippen LogP contribution in [-0.2, 0) is 21.4 Å². The van der Waals surface area contributed by atoms with E-state index in [2.05, 4.69) is 11.4 Å². The van der Waals surface area contributed by atoms with Crippen LogP contribution in [0.1, 0.15) is 37.7 Å². The van der Waals surface area contributed by atoms with Gasteiger partial charge in [-0.15, -0.1) is 0 Å². The molecule has 0 saturated carbocycles. The van der Waals surface area contributed by atoms with E-state index in [0.29, 0.717) is 22.2 Å². The second kappa shape index (κ2) is 9.74. The van der Waals surface area contributed by atoms with Crippen LogP contribution in [0.5, 0.6) is 0 Å². The molecule has 1 N–H and O–H groups in total. The van der Waals surface area contributed by atoms with Crippen molar-refractivity contribution in [2.24, 2.45) is 0 Å². The van der Waals surface area contributed by atoms with Gasteiger partial charge < -0.3 is 5.32 Å². The lowest BCUT2D eigenvalue weighted by Crippen LogP contribution is -2.40. The molecule has 0 bridgehead atoms. The summed E-state index contributed by atoms with van der Waals surface area (Å²) in [5.41, 5.74) is 2.04. The average molecular weight is 419 g/mol. The van der Waals surface area contributed by atoms with E-state index in [1.807, 2.05) is 0 Å². The number of nitrogens with one attached hydrogen (secondary N) is 1. The first-order valence-corrected chi connectivity index (χ1v) is 11.2. The zero-order chi connectivity index (χ0) is 19.2. The Morgan fingerprint density at radius 3 is 2.62 bits per heavy atom. The Balaban J connectivity index is 1.91. The van der Waals surface area contributed by atoms with Gasteiger partial charge in [0, 0.05) is 13.1 Å². The number of halogens is 2. The van der Waals surface area contributed by atoms with Crippen LogP contribution in [0.15, 0.2) is 29.8 Å². The molecule has 1 aromatic carbocycles. The Bertz CT molecular complexity index is 779. The molecule has 0 unspecified atom stereocenters. The fraction of sp³-hybridized carbons (Fsp3) is 0.500. The van der Waals surface area contributed by atoms with E-state index in [9.17, 15) is 13.2 Å². The highest BCUT2D eigenvalue weighted by atomic mass is 35.5. The Morgan fingerprint density at radius 1 is 1.23 bits per heavy atom. The van der Waals surface area contributed by atoms with E-state index in [-0.39, 0.29) is 19.0 Å². The number of rotatable bonds is 8. The van der Waals surface area contributed by atoms with Crippen LogP contribution in [0.4, 0.5) is 0 Å². The monoisotopic (exact) mass is 418 g/mol. The van der Waals surface area contributed by atoms with Crippen LogP contribution in [0.3, 0.4) is 0 Å². The van der Waals surface area contributed by atoms with Gasteiger partial charge in [0.25, 0.3) is 0 Å². The van der Waals surface area contributed by atoms with E-state index in [0.717, 1.165) is 29.8 Å². The first-order chi connectivity index (χ1) is 12.3. The van der Waals surface area contributed by atoms with Crippen molar-refractivity contribution in [1.82, 2.24) is 9.62 Å². The van der Waals surface area contributed by atoms with Gasteiger partial charge in [0.15, 0.2) is 0 Å². The maximum absolute atomic E-state index is 12.2. The highest BCUT2D eigenvalue weighted by Gasteiger charge is 2.21. The lowest BCUT2D eigenvalue weighted by molar-refractivity contribution is -0.121. The van der Waals surface area contributed by atoms with Crippen LogP contribution < -0.4 is 5.32 Å². The van der Waals surface area contributed by atoms with Crippen molar-refractivity contribution in [2.75, 3.05) is 19.3 Å². The predicted molar refractivity (Wildman–Crippen MR) is 106 cm³/mol. The van der Waals surface area contributed by atoms with Gasteiger partial charge in [0.1, 0.15) is 0 Å². The maximum Gasteiger partial charge on any atom is 0.235 e. The van der Waals surface area contributed by atoms with Crippen LogP contribution in [0.25, 0.3) is 0 Å². The fourth-order valence-electron chi connectivity index (χ4n) is 2.84. The SMILES string of the molecule is CS(=O)(=O)N(CC(=O)NCCC1=CCCCC1)Cc1ccc(Cl)c(Cl)c1. The molecule has 0 heterocycles. The summed E-state index contributed by atoms with van der Waals surface area (Å²) in [7, 11) is -3.54. The molecule has 2 rings (SSSR count). The Labute approximate surface area is 165 Å². The molecule has 1 aromatic rings. The number of sulfonamides is 1. The molecule has 0 atom stereocenters. The third-order valence-electron chi connectivity index (χ3n) is 4.29. The van der Waals surface area contributed by atoms with Crippen molar-refractivity contribution < 1.29 is 13.2 Å². The van der Waals surface area contributed by atoms with Gasteiger partial charge in [0.2, 0.25) is 15.9 Å². The molecule has 26 heavy (non-hydrogen) atoms. The van der Waals surface area contributed by atoms with Crippen molar-refractivity contribution in [3.05, 3.63) is 45.5 Å². The standard InChI is InChI=1S/C18H24Cl2N2O3S/c1-26(24,25)22(12-15-7-8-16(19)17(20)11-15)13-18(23)21-10-9-14-5-3-2-4-6-14/h5,7-8,11H,2-4,6,9-10,12-13H2,1H3,(H,21,23). The molecule has 0 saturated heterocycles. The molecular formula is C18H24Cl2N2O3S. The molecule has 0 aromatic heterocycles. The van der Waals surface area contributed by atoms with Crippen molar-refractivity contribution in [2.45, 2.75) is 38.6 Å². The number of carbonyl (C=O) groups is 1. The normalized spacial score (nSPS) is 15.0. The summed E-state index contributed by atoms with van der Waals surface area (Å²) in [5, 5.41) is 3.55. The molecule has 1 amide bonds. The van der Waals surface area contributed by atoms with Gasteiger partial charge in [-0.05, 0) is 49.8 Å². The van der Waals surface area contributed by atoms with Crippen molar-refractivity contribution in [1.29, 1.82) is 0 Å². The summed E-state index contributed by atoms with van der Waals surface area (Å²) in [5.74, 6) is -0.313. The number of carbonyl (C=O) groups excluding carboxylic acids is 1. The summed E-state index contributed by atoms with van der Waals surface area (Å²) in [4.78, 5) is 12.2. The van der Waals surface area contributed by atoms with E-state index in [1.165, 1.54) is 18.4 Å². The highest BCUT2D eigenvalue weighted by molar-refractivity contribution is 7.88. The number of hydrogen-bond donors (Lipinski definition) is 1. The van der Waals surface area contributed by atoms with E-state index in [1.54, 1.807) is 18.2 Å². The van der Waals surface area contributed by atoms with Gasteiger partial charge in [-0.1, -0.05) is 40.9 Å². The molecule has 0 spiro atoms. The minimum Gasteiger partial charge on any atom is -0.355 e. The molecule has 1 aliphatic carbocycles. The first kappa shape index (κ1) is 21.2. The topological polar surface area (TPSA) is 66.5 Å². The molecule has 5 nitrogen and oxygen atoms in total. The second-order valence-electron chi connectivity index (χ2n) is 6.49. The maximum atomic E-state index is 12.2. The number of nitrogens with zero attached hydrogens (tertiary/aromatic N) is 1. The zero-order valence-corrected chi connectivity index (χ0v) is 17.1. The van der Waals surface area contributed by atoms with Gasteiger partial charge in [0.05, 0.1) is 22.8 Å². The van der Waals surface area contributed by atoms with Gasteiger partial charge in [-0.25, -0.2) is 8.42 Å². The third-order valence-corrected chi connectivity index (χ3v) is 6.22. The van der Waals surface area contributed by atoms with Crippen LogP contribution in [0.2, 0.25) is 10.0 Å². The Kier molecular flexibility index (Phi) is 7.95. The fourth-order valence-corrected chi connectivity index (χ4v) is 3.90. The Morgan fingerprint density at radius 2 is 2.00 bits per heavy atom.